The van der Waals surface area contributed by atoms with Gasteiger partial charge in [0.05, 0.1) is 20.1 Å². The number of rotatable bonds is 3. The summed E-state index contributed by atoms with van der Waals surface area (Å²) >= 11 is 1.84. The number of hydrogen-bond donors (Lipinski definition) is 1. The number of anilines is 1. The van der Waals surface area contributed by atoms with E-state index in [1.807, 2.05) is 28.7 Å². The maximum Gasteiger partial charge on any atom is 0.324 e. The molecule has 20 heavy (non-hydrogen) atoms. The lowest BCUT2D eigenvalue weighted by atomic mass is 10.2. The smallest absolute Gasteiger partial charge is 0.324 e. The third-order valence-electron chi connectivity index (χ3n) is 2.20. The van der Waals surface area contributed by atoms with Gasteiger partial charge in [0.15, 0.2) is 0 Å². The van der Waals surface area contributed by atoms with Crippen LogP contribution >= 0.6 is 22.6 Å². The first-order chi connectivity index (χ1) is 9.51. The van der Waals surface area contributed by atoms with Crippen LogP contribution in [0.15, 0.2) is 24.4 Å². The zero-order valence-corrected chi connectivity index (χ0v) is 11.9. The SMILES string of the molecule is N#Cc1cc(I)c(Oc2nccc(N)n2)c([N+](=O)[O-])c1. The molecule has 2 aromatic rings. The van der Waals surface area contributed by atoms with Crippen LogP contribution < -0.4 is 10.5 Å². The number of aromatic nitrogens is 2. The van der Waals surface area contributed by atoms with E-state index in [4.69, 9.17) is 15.7 Å². The molecule has 0 spiro atoms. The first-order valence-corrected chi connectivity index (χ1v) is 6.23. The van der Waals surface area contributed by atoms with Gasteiger partial charge >= 0.3 is 11.7 Å². The van der Waals surface area contributed by atoms with Gasteiger partial charge in [0, 0.05) is 12.3 Å². The van der Waals surface area contributed by atoms with Crippen LogP contribution in [-0.4, -0.2) is 14.9 Å². The van der Waals surface area contributed by atoms with Crippen molar-refractivity contribution in [3.8, 4) is 17.8 Å². The number of nitro benzene ring substituents is 1. The van der Waals surface area contributed by atoms with E-state index < -0.39 is 4.92 Å². The summed E-state index contributed by atoms with van der Waals surface area (Å²) in [6.45, 7) is 0. The van der Waals surface area contributed by atoms with Gasteiger partial charge < -0.3 is 10.5 Å². The second kappa shape index (κ2) is 5.66. The van der Waals surface area contributed by atoms with Crippen LogP contribution in [0.1, 0.15) is 5.56 Å². The molecule has 1 aromatic carbocycles. The van der Waals surface area contributed by atoms with E-state index in [2.05, 4.69) is 9.97 Å². The Morgan fingerprint density at radius 3 is 2.85 bits per heavy atom. The van der Waals surface area contributed by atoms with E-state index in [1.165, 1.54) is 18.3 Å². The number of nitrogens with two attached hydrogens (primary N) is 1. The van der Waals surface area contributed by atoms with Gasteiger partial charge in [-0.05, 0) is 34.7 Å². The van der Waals surface area contributed by atoms with Gasteiger partial charge in [0.2, 0.25) is 5.75 Å². The molecular weight excluding hydrogens is 377 g/mol. The maximum atomic E-state index is 11.0. The average Bonchev–Trinajstić information content (AvgIpc) is 2.40. The molecule has 0 bridgehead atoms. The predicted molar refractivity (Wildman–Crippen MR) is 77.0 cm³/mol. The van der Waals surface area contributed by atoms with Gasteiger partial charge in [-0.1, -0.05) is 0 Å². The van der Waals surface area contributed by atoms with Gasteiger partial charge in [-0.3, -0.25) is 10.1 Å². The summed E-state index contributed by atoms with van der Waals surface area (Å²) in [5, 5.41) is 19.9. The van der Waals surface area contributed by atoms with Crippen molar-refractivity contribution in [2.24, 2.45) is 0 Å². The van der Waals surface area contributed by atoms with E-state index in [9.17, 15) is 10.1 Å². The molecule has 0 unspecified atom stereocenters. The van der Waals surface area contributed by atoms with Gasteiger partial charge in [-0.2, -0.15) is 10.2 Å². The Morgan fingerprint density at radius 2 is 2.25 bits per heavy atom. The molecule has 0 fully saturated rings. The first kappa shape index (κ1) is 13.9. The summed E-state index contributed by atoms with van der Waals surface area (Å²) < 4.78 is 5.72. The monoisotopic (exact) mass is 383 g/mol. The second-order valence-electron chi connectivity index (χ2n) is 3.54. The second-order valence-corrected chi connectivity index (χ2v) is 4.70. The Morgan fingerprint density at radius 1 is 1.50 bits per heavy atom. The third kappa shape index (κ3) is 2.91. The van der Waals surface area contributed by atoms with E-state index in [0.29, 0.717) is 3.57 Å². The molecule has 0 saturated heterocycles. The minimum atomic E-state index is -0.634. The van der Waals surface area contributed by atoms with Crippen molar-refractivity contribution >= 4 is 34.1 Å². The van der Waals surface area contributed by atoms with Crippen LogP contribution in [0.4, 0.5) is 11.5 Å². The molecule has 8 nitrogen and oxygen atoms in total. The number of ether oxygens (including phenoxy) is 1. The van der Waals surface area contributed by atoms with E-state index in [0.717, 1.165) is 6.07 Å². The number of nitro groups is 1. The van der Waals surface area contributed by atoms with Crippen molar-refractivity contribution in [1.29, 1.82) is 5.26 Å². The zero-order valence-electron chi connectivity index (χ0n) is 9.78. The van der Waals surface area contributed by atoms with E-state index >= 15 is 0 Å². The summed E-state index contributed by atoms with van der Waals surface area (Å²) in [6, 6.07) is 5.81. The van der Waals surface area contributed by atoms with Gasteiger partial charge in [0.1, 0.15) is 5.82 Å². The van der Waals surface area contributed by atoms with Crippen molar-refractivity contribution in [2.75, 3.05) is 5.73 Å². The largest absolute Gasteiger partial charge is 0.416 e. The lowest BCUT2D eigenvalue weighted by molar-refractivity contribution is -0.385. The number of halogens is 1. The van der Waals surface area contributed by atoms with Crippen LogP contribution in [0.2, 0.25) is 0 Å². The normalized spacial score (nSPS) is 9.80. The molecule has 0 radical (unpaired) electrons. The number of hydrogen-bond acceptors (Lipinski definition) is 7. The highest BCUT2D eigenvalue weighted by Gasteiger charge is 2.22. The van der Waals surface area contributed by atoms with E-state index in [-0.39, 0.29) is 28.8 Å². The minimum Gasteiger partial charge on any atom is -0.416 e. The van der Waals surface area contributed by atoms with Crippen LogP contribution in [0, 0.1) is 25.0 Å². The fourth-order valence-electron chi connectivity index (χ4n) is 1.37. The van der Waals surface area contributed by atoms with Crippen LogP contribution in [0.3, 0.4) is 0 Å². The number of nitrogen functional groups attached to an aromatic ring is 1. The van der Waals surface area contributed by atoms with Gasteiger partial charge in [-0.25, -0.2) is 4.98 Å². The highest BCUT2D eigenvalue weighted by Crippen LogP contribution is 2.35. The van der Waals surface area contributed by atoms with Crippen molar-refractivity contribution in [3.63, 3.8) is 0 Å². The minimum absolute atomic E-state index is 0.0276. The number of nitrogens with zero attached hydrogens (tertiary/aromatic N) is 4. The Labute approximate surface area is 126 Å². The standard InChI is InChI=1S/C11H6IN5O3/c12-7-3-6(5-13)4-8(17(18)19)10(7)20-11-15-2-1-9(14)16-11/h1-4H,(H2,14,15,16). The van der Waals surface area contributed by atoms with Crippen molar-refractivity contribution in [1.82, 2.24) is 9.97 Å². The lowest BCUT2D eigenvalue weighted by Gasteiger charge is -2.07. The summed E-state index contributed by atoms with van der Waals surface area (Å²) in [5.74, 6) is 0.154. The highest BCUT2D eigenvalue weighted by molar-refractivity contribution is 14.1. The lowest BCUT2D eigenvalue weighted by Crippen LogP contribution is -2.00. The van der Waals surface area contributed by atoms with Crippen molar-refractivity contribution < 1.29 is 9.66 Å². The average molecular weight is 383 g/mol. The molecule has 0 aliphatic heterocycles. The molecule has 2 rings (SSSR count). The fourth-order valence-corrected chi connectivity index (χ4v) is 2.10. The van der Waals surface area contributed by atoms with Crippen LogP contribution in [-0.2, 0) is 0 Å². The molecule has 0 atom stereocenters. The Balaban J connectivity index is 2.51. The Bertz CT molecular complexity index is 728. The zero-order chi connectivity index (χ0) is 14.7. The number of nitriles is 1. The first-order valence-electron chi connectivity index (χ1n) is 5.15. The van der Waals surface area contributed by atoms with E-state index in [1.54, 1.807) is 0 Å². The molecule has 0 amide bonds. The Kier molecular flexibility index (Phi) is 3.94. The molecule has 100 valence electrons. The van der Waals surface area contributed by atoms with Crippen molar-refractivity contribution in [3.05, 3.63) is 43.6 Å². The molecule has 0 aliphatic carbocycles. The molecule has 0 saturated carbocycles. The maximum absolute atomic E-state index is 11.0. The molecular formula is C11H6IN5O3. The summed E-state index contributed by atoms with van der Waals surface area (Å²) in [7, 11) is 0. The van der Waals surface area contributed by atoms with Gasteiger partial charge in [0.25, 0.3) is 0 Å². The predicted octanol–water partition coefficient (Wildman–Crippen LogP) is 2.24. The summed E-state index contributed by atoms with van der Waals surface area (Å²) in [6.07, 6.45) is 1.38. The summed E-state index contributed by atoms with van der Waals surface area (Å²) in [5.41, 5.74) is 5.32. The third-order valence-corrected chi connectivity index (χ3v) is 3.00. The van der Waals surface area contributed by atoms with Crippen molar-refractivity contribution in [2.45, 2.75) is 0 Å². The topological polar surface area (TPSA) is 128 Å². The quantitative estimate of drug-likeness (QED) is 0.489. The fraction of sp³-hybridized carbons (Fsp3) is 0. The Hall–Kier alpha value is -2.48. The van der Waals surface area contributed by atoms with Crippen LogP contribution in [0.25, 0.3) is 0 Å². The molecule has 9 heteroatoms. The van der Waals surface area contributed by atoms with Crippen LogP contribution in [0.5, 0.6) is 11.8 Å². The molecule has 1 heterocycles. The molecule has 0 aliphatic rings. The highest BCUT2D eigenvalue weighted by atomic mass is 127. The molecule has 1 aromatic heterocycles. The summed E-state index contributed by atoms with van der Waals surface area (Å²) in [4.78, 5) is 18.0. The molecule has 2 N–H and O–H groups in total. The number of benzene rings is 1. The van der Waals surface area contributed by atoms with Gasteiger partial charge in [-0.15, -0.1) is 0 Å².